The Morgan fingerprint density at radius 2 is 1.82 bits per heavy atom. The number of nitrogens with zero attached hydrogens (tertiary/aromatic N) is 1. The molecule has 0 unspecified atom stereocenters. The number of benzene rings is 1. The highest BCUT2D eigenvalue weighted by molar-refractivity contribution is 7.89. The monoisotopic (exact) mass is 407 g/mol. The number of quaternary nitrogens is 1. The summed E-state index contributed by atoms with van der Waals surface area (Å²) in [7, 11) is -2.14. The number of piperazine rings is 1. The van der Waals surface area contributed by atoms with Crippen molar-refractivity contribution in [3.8, 4) is 0 Å². The van der Waals surface area contributed by atoms with E-state index in [9.17, 15) is 13.2 Å². The number of carbonyl (C=O) groups is 1. The van der Waals surface area contributed by atoms with E-state index in [1.165, 1.54) is 12.0 Å². The number of hydrogen-bond acceptors (Lipinski definition) is 5. The molecule has 2 aromatic rings. The number of furan rings is 1. The first-order valence-electron chi connectivity index (χ1n) is 9.31. The Kier molecular flexibility index (Phi) is 5.92. The number of hydrogen-bond donors (Lipinski definition) is 1. The lowest BCUT2D eigenvalue weighted by molar-refractivity contribution is -0.918. The maximum absolute atomic E-state index is 12.9. The maximum atomic E-state index is 12.9. The minimum Gasteiger partial charge on any atom is -0.465 e. The summed E-state index contributed by atoms with van der Waals surface area (Å²) in [6, 6.07) is 6.98. The Morgan fingerprint density at radius 1 is 1.14 bits per heavy atom. The van der Waals surface area contributed by atoms with Crippen molar-refractivity contribution < 1.29 is 27.3 Å². The van der Waals surface area contributed by atoms with E-state index in [0.717, 1.165) is 11.1 Å². The van der Waals surface area contributed by atoms with Gasteiger partial charge in [0.25, 0.3) is 0 Å². The largest absolute Gasteiger partial charge is 0.465 e. The molecule has 0 atom stereocenters. The molecule has 1 aliphatic heterocycles. The van der Waals surface area contributed by atoms with Crippen molar-refractivity contribution in [2.24, 2.45) is 0 Å². The number of nitrogens with one attached hydrogen (secondary N) is 1. The number of methoxy groups -OCH3 is 1. The zero-order valence-corrected chi connectivity index (χ0v) is 17.6. The number of carbonyl (C=O) groups excluding carboxylic acids is 1. The molecule has 0 spiro atoms. The van der Waals surface area contributed by atoms with Gasteiger partial charge in [-0.15, -0.1) is 0 Å². The van der Waals surface area contributed by atoms with Gasteiger partial charge < -0.3 is 14.1 Å². The van der Waals surface area contributed by atoms with Crippen LogP contribution in [-0.4, -0.2) is 52.0 Å². The topological polar surface area (TPSA) is 81.3 Å². The molecule has 8 heteroatoms. The molecule has 28 heavy (non-hydrogen) atoms. The van der Waals surface area contributed by atoms with E-state index in [-0.39, 0.29) is 0 Å². The minimum atomic E-state index is -3.48. The minimum absolute atomic E-state index is 0.350. The summed E-state index contributed by atoms with van der Waals surface area (Å²) in [5.41, 5.74) is 2.49. The van der Waals surface area contributed by atoms with Crippen molar-refractivity contribution in [1.82, 2.24) is 4.31 Å². The van der Waals surface area contributed by atoms with E-state index in [1.54, 1.807) is 29.4 Å². The van der Waals surface area contributed by atoms with Gasteiger partial charge in [-0.05, 0) is 44.0 Å². The summed E-state index contributed by atoms with van der Waals surface area (Å²) in [5.74, 6) is 0.836. The molecule has 1 aromatic carbocycles. The van der Waals surface area contributed by atoms with Crippen LogP contribution in [-0.2, 0) is 21.3 Å². The highest BCUT2D eigenvalue weighted by atomic mass is 32.2. The van der Waals surface area contributed by atoms with Crippen molar-refractivity contribution in [2.75, 3.05) is 33.3 Å². The van der Waals surface area contributed by atoms with Crippen LogP contribution in [0.5, 0.6) is 0 Å². The van der Waals surface area contributed by atoms with Gasteiger partial charge in [-0.1, -0.05) is 6.07 Å². The van der Waals surface area contributed by atoms with Gasteiger partial charge >= 0.3 is 5.97 Å². The van der Waals surface area contributed by atoms with E-state index < -0.39 is 16.0 Å². The number of aryl methyl sites for hydroxylation is 3. The molecular formula is C20H27N2O5S+. The molecule has 0 aliphatic carbocycles. The summed E-state index contributed by atoms with van der Waals surface area (Å²) in [6.45, 7) is 8.49. The van der Waals surface area contributed by atoms with E-state index >= 15 is 0 Å². The Hall–Kier alpha value is -2.16. The van der Waals surface area contributed by atoms with Crippen molar-refractivity contribution >= 4 is 16.0 Å². The highest BCUT2D eigenvalue weighted by Gasteiger charge is 2.31. The third-order valence-corrected chi connectivity index (χ3v) is 7.24. The molecular weight excluding hydrogens is 380 g/mol. The molecule has 0 amide bonds. The summed E-state index contributed by atoms with van der Waals surface area (Å²) >= 11 is 0. The smallest absolute Gasteiger partial charge is 0.341 e. The van der Waals surface area contributed by atoms with Crippen LogP contribution < -0.4 is 4.90 Å². The Balaban J connectivity index is 1.64. The van der Waals surface area contributed by atoms with Crippen LogP contribution in [0.4, 0.5) is 0 Å². The fourth-order valence-corrected chi connectivity index (χ4v) is 4.96. The summed E-state index contributed by atoms with van der Waals surface area (Å²) < 4.78 is 37.8. The SMILES string of the molecule is COC(=O)c1cc(C[NH+]2CCN(S(=O)(=O)c3ccc(C)c(C)c3)CC2)oc1C. The summed E-state index contributed by atoms with van der Waals surface area (Å²) in [6.07, 6.45) is 0. The van der Waals surface area contributed by atoms with Crippen LogP contribution in [0.2, 0.25) is 0 Å². The lowest BCUT2D eigenvalue weighted by atomic mass is 10.1. The van der Waals surface area contributed by atoms with Crippen molar-refractivity contribution in [1.29, 1.82) is 0 Å². The second-order valence-electron chi connectivity index (χ2n) is 7.25. The van der Waals surface area contributed by atoms with Gasteiger partial charge in [-0.3, -0.25) is 0 Å². The van der Waals surface area contributed by atoms with Crippen LogP contribution in [0.1, 0.15) is 33.0 Å². The van der Waals surface area contributed by atoms with Crippen molar-refractivity contribution in [3.05, 3.63) is 52.5 Å². The zero-order chi connectivity index (χ0) is 20.5. The molecule has 0 bridgehead atoms. The van der Waals surface area contributed by atoms with Crippen molar-refractivity contribution in [3.63, 3.8) is 0 Å². The van der Waals surface area contributed by atoms with Gasteiger partial charge in [-0.25, -0.2) is 13.2 Å². The number of ether oxygens (including phenoxy) is 1. The summed E-state index contributed by atoms with van der Waals surface area (Å²) in [5, 5.41) is 0. The lowest BCUT2D eigenvalue weighted by Crippen LogP contribution is -3.13. The number of esters is 1. The van der Waals surface area contributed by atoms with E-state index in [4.69, 9.17) is 9.15 Å². The first-order chi connectivity index (χ1) is 13.2. The fraction of sp³-hybridized carbons (Fsp3) is 0.450. The fourth-order valence-electron chi connectivity index (χ4n) is 3.43. The van der Waals surface area contributed by atoms with Crippen molar-refractivity contribution in [2.45, 2.75) is 32.2 Å². The molecule has 1 aromatic heterocycles. The van der Waals surface area contributed by atoms with Crippen LogP contribution in [0.15, 0.2) is 33.6 Å². The predicted octanol–water partition coefficient (Wildman–Crippen LogP) is 1.08. The molecule has 1 aliphatic rings. The van der Waals surface area contributed by atoms with Gasteiger partial charge in [0, 0.05) is 6.07 Å². The molecule has 3 rings (SSSR count). The standard InChI is InChI=1S/C20H26N2O5S/c1-14-5-6-18(11-15(14)2)28(24,25)22-9-7-21(8-10-22)13-17-12-19(16(3)27-17)20(23)26-4/h5-6,11-12H,7-10,13H2,1-4H3/p+1. The average molecular weight is 408 g/mol. The van der Waals surface area contributed by atoms with Gasteiger partial charge in [-0.2, -0.15) is 4.31 Å². The van der Waals surface area contributed by atoms with Crippen LogP contribution in [0.3, 0.4) is 0 Å². The molecule has 2 heterocycles. The van der Waals surface area contributed by atoms with E-state index in [1.807, 2.05) is 19.9 Å². The van der Waals surface area contributed by atoms with Gasteiger partial charge in [0.1, 0.15) is 17.9 Å². The summed E-state index contributed by atoms with van der Waals surface area (Å²) in [4.78, 5) is 13.3. The highest BCUT2D eigenvalue weighted by Crippen LogP contribution is 2.19. The van der Waals surface area contributed by atoms with E-state index in [2.05, 4.69) is 0 Å². The van der Waals surface area contributed by atoms with Crippen LogP contribution >= 0.6 is 0 Å². The number of sulfonamides is 1. The van der Waals surface area contributed by atoms with Gasteiger partial charge in [0.2, 0.25) is 10.0 Å². The molecule has 1 fully saturated rings. The lowest BCUT2D eigenvalue weighted by Gasteiger charge is -2.31. The average Bonchev–Trinajstić information content (AvgIpc) is 3.03. The zero-order valence-electron chi connectivity index (χ0n) is 16.7. The second-order valence-corrected chi connectivity index (χ2v) is 9.19. The van der Waals surface area contributed by atoms with E-state index in [0.29, 0.717) is 54.7 Å². The quantitative estimate of drug-likeness (QED) is 0.751. The third-order valence-electron chi connectivity index (χ3n) is 5.34. The molecule has 0 saturated carbocycles. The molecule has 7 nitrogen and oxygen atoms in total. The molecule has 0 radical (unpaired) electrons. The normalized spacial score (nSPS) is 16.3. The first kappa shape index (κ1) is 20.6. The predicted molar refractivity (Wildman–Crippen MR) is 104 cm³/mol. The van der Waals surface area contributed by atoms with Gasteiger partial charge in [0.15, 0.2) is 5.76 Å². The van der Waals surface area contributed by atoms with Gasteiger partial charge in [0.05, 0.1) is 38.2 Å². The molecule has 152 valence electrons. The molecule has 1 saturated heterocycles. The Morgan fingerprint density at radius 3 is 2.43 bits per heavy atom. The van der Waals surface area contributed by atoms with Crippen LogP contribution in [0.25, 0.3) is 0 Å². The Bertz CT molecular complexity index is 972. The maximum Gasteiger partial charge on any atom is 0.341 e. The Labute approximate surface area is 165 Å². The third kappa shape index (κ3) is 4.14. The number of rotatable bonds is 5. The first-order valence-corrected chi connectivity index (χ1v) is 10.7. The second kappa shape index (κ2) is 8.06. The molecule has 1 N–H and O–H groups in total. The van der Waals surface area contributed by atoms with Crippen LogP contribution in [0, 0.1) is 20.8 Å².